The summed E-state index contributed by atoms with van der Waals surface area (Å²) in [4.78, 5) is 50.9. The molecule has 0 amide bonds. The summed E-state index contributed by atoms with van der Waals surface area (Å²) in [6.45, 7) is 0. The second-order valence-electron chi connectivity index (χ2n) is 0.447. The monoisotopic (exact) mass is 342 g/mol. The van der Waals surface area contributed by atoms with E-state index in [9.17, 15) is 0 Å². The van der Waals surface area contributed by atoms with Crippen LogP contribution in [0.1, 0.15) is 0 Å². The van der Waals surface area contributed by atoms with Gasteiger partial charge in [0.1, 0.15) is 0 Å². The summed E-state index contributed by atoms with van der Waals surface area (Å²) in [5.41, 5.74) is 0. The average molecular weight is 342 g/mol. The minimum Gasteiger partial charge on any atom is -0.854 e. The standard InChI is InChI=1S/Ga.In.2O3P/c;;2*1-4(2)3/q2*+3;2*-3. The number of hydrogen-bond donors (Lipinski definition) is 0. The first kappa shape index (κ1) is 22.7. The van der Waals surface area contributed by atoms with Crippen LogP contribution in [0.2, 0.25) is 0 Å². The largest absolute Gasteiger partial charge is 3.00 e. The molecule has 0 fully saturated rings. The molecule has 0 saturated heterocycles. The normalized spacial score (nSPS) is 7.20. The number of rotatable bonds is 0. The van der Waals surface area contributed by atoms with Crippen LogP contribution < -0.4 is 29.4 Å². The van der Waals surface area contributed by atoms with Crippen molar-refractivity contribution < 1.29 is 29.4 Å². The molecular weight excluding hydrogens is 342 g/mol. The van der Waals surface area contributed by atoms with Crippen LogP contribution in [0.25, 0.3) is 0 Å². The Morgan fingerprint density at radius 2 is 0.600 bits per heavy atom. The molecule has 0 radical (unpaired) electrons. The topological polar surface area (TPSA) is 138 Å². The molecule has 0 aromatic heterocycles. The van der Waals surface area contributed by atoms with Gasteiger partial charge in [0.2, 0.25) is 0 Å². The van der Waals surface area contributed by atoms with Crippen molar-refractivity contribution in [2.24, 2.45) is 0 Å². The van der Waals surface area contributed by atoms with Crippen molar-refractivity contribution >= 4 is 62.8 Å². The second kappa shape index (κ2) is 17.3. The van der Waals surface area contributed by atoms with E-state index in [4.69, 9.17) is 29.4 Å². The van der Waals surface area contributed by atoms with Crippen molar-refractivity contribution in [1.82, 2.24) is 0 Å². The minimum atomic E-state index is -3.37. The summed E-state index contributed by atoms with van der Waals surface area (Å²) in [5.74, 6) is 0. The van der Waals surface area contributed by atoms with Crippen LogP contribution in [0.4, 0.5) is 0 Å². The van der Waals surface area contributed by atoms with Crippen LogP contribution in [0.3, 0.4) is 0 Å². The van der Waals surface area contributed by atoms with Crippen molar-refractivity contribution in [2.45, 2.75) is 0 Å². The van der Waals surface area contributed by atoms with Gasteiger partial charge >= 0.3 is 45.6 Å². The average Bonchev–Trinajstić information content (AvgIpc) is 1.25. The molecule has 10 heavy (non-hydrogen) atoms. The molecule has 0 bridgehead atoms. The van der Waals surface area contributed by atoms with E-state index in [1.165, 1.54) is 0 Å². The van der Waals surface area contributed by atoms with Crippen LogP contribution in [0.5, 0.6) is 0 Å². The summed E-state index contributed by atoms with van der Waals surface area (Å²) in [7, 11) is -6.74. The Morgan fingerprint density at radius 3 is 0.600 bits per heavy atom. The first-order chi connectivity index (χ1) is 3.46. The molecule has 0 aromatic rings. The Labute approximate surface area is 91.8 Å². The SMILES string of the molecule is [Ga+3].[In+3].[O-]P([O-])[O-].[O-]P([O-])[O-]. The van der Waals surface area contributed by atoms with Gasteiger partial charge in [0.15, 0.2) is 0 Å². The summed E-state index contributed by atoms with van der Waals surface area (Å²) in [6, 6.07) is 0. The molecule has 6 nitrogen and oxygen atoms in total. The van der Waals surface area contributed by atoms with E-state index in [0.717, 1.165) is 0 Å². The molecule has 0 aliphatic heterocycles. The van der Waals surface area contributed by atoms with Crippen molar-refractivity contribution in [3.8, 4) is 0 Å². The van der Waals surface area contributed by atoms with Crippen LogP contribution in [-0.2, 0) is 0 Å². The van der Waals surface area contributed by atoms with E-state index < -0.39 is 17.2 Å². The van der Waals surface area contributed by atoms with Crippen LogP contribution in [0, 0.1) is 0 Å². The molecule has 0 rings (SSSR count). The zero-order valence-corrected chi connectivity index (χ0v) is 12.0. The predicted molar refractivity (Wildman–Crippen MR) is 25.3 cm³/mol. The fourth-order valence-corrected chi connectivity index (χ4v) is 0. The van der Waals surface area contributed by atoms with Gasteiger partial charge in [0.05, 0.1) is 0 Å². The second-order valence-corrected chi connectivity index (χ2v) is 1.34. The van der Waals surface area contributed by atoms with Crippen LogP contribution >= 0.6 is 17.2 Å². The molecule has 0 aliphatic rings. The zero-order chi connectivity index (χ0) is 7.15. The Balaban J connectivity index is -0.0000000300. The van der Waals surface area contributed by atoms with Gasteiger partial charge in [-0.05, 0) is 0 Å². The third-order valence-corrected chi connectivity index (χ3v) is 0. The van der Waals surface area contributed by atoms with Gasteiger partial charge in [-0.15, -0.1) is 0 Å². The van der Waals surface area contributed by atoms with Gasteiger partial charge in [0.25, 0.3) is 0 Å². The quantitative estimate of drug-likeness (QED) is 0.317. The third-order valence-electron chi connectivity index (χ3n) is 0. The fraction of sp³-hybridized carbons (Fsp3) is 0. The maximum absolute atomic E-state index is 8.48. The molecular formula is GaInO6P2. The molecule has 0 aliphatic carbocycles. The summed E-state index contributed by atoms with van der Waals surface area (Å²) < 4.78 is 0. The molecule has 0 aromatic carbocycles. The summed E-state index contributed by atoms with van der Waals surface area (Å²) >= 11 is 0. The molecule has 0 atom stereocenters. The Bertz CT molecular complexity index is 31.2. The molecule has 0 unspecified atom stereocenters. The van der Waals surface area contributed by atoms with Crippen molar-refractivity contribution in [2.75, 3.05) is 0 Å². The summed E-state index contributed by atoms with van der Waals surface area (Å²) in [5, 5.41) is 0. The molecule has 10 heteroatoms. The van der Waals surface area contributed by atoms with Crippen LogP contribution in [0.15, 0.2) is 0 Å². The maximum atomic E-state index is 8.48. The van der Waals surface area contributed by atoms with Crippen molar-refractivity contribution in [3.63, 3.8) is 0 Å². The minimum absolute atomic E-state index is 0. The van der Waals surface area contributed by atoms with E-state index in [1.807, 2.05) is 0 Å². The van der Waals surface area contributed by atoms with Crippen molar-refractivity contribution in [3.05, 3.63) is 0 Å². The Morgan fingerprint density at radius 1 is 0.600 bits per heavy atom. The van der Waals surface area contributed by atoms with Crippen molar-refractivity contribution in [1.29, 1.82) is 0 Å². The van der Waals surface area contributed by atoms with Gasteiger partial charge in [0, 0.05) is 0 Å². The Hall–Kier alpha value is 2.13. The van der Waals surface area contributed by atoms with Gasteiger partial charge in [-0.2, -0.15) is 0 Å². The van der Waals surface area contributed by atoms with Crippen LogP contribution in [-0.4, -0.2) is 45.6 Å². The molecule has 0 N–H and O–H groups in total. The molecule has 0 heterocycles. The van der Waals surface area contributed by atoms with E-state index in [1.54, 1.807) is 0 Å². The van der Waals surface area contributed by atoms with E-state index >= 15 is 0 Å². The smallest absolute Gasteiger partial charge is 0.854 e. The molecule has 52 valence electrons. The molecule has 0 spiro atoms. The summed E-state index contributed by atoms with van der Waals surface area (Å²) in [6.07, 6.45) is 0. The van der Waals surface area contributed by atoms with Gasteiger partial charge in [-0.1, -0.05) is 0 Å². The zero-order valence-electron chi connectivity index (χ0n) is 4.50. The van der Waals surface area contributed by atoms with E-state index in [0.29, 0.717) is 0 Å². The van der Waals surface area contributed by atoms with Gasteiger partial charge in [-0.3, -0.25) is 0 Å². The first-order valence-corrected chi connectivity index (χ1v) is 3.29. The first-order valence-electron chi connectivity index (χ1n) is 1.10. The van der Waals surface area contributed by atoms with Gasteiger partial charge < -0.3 is 46.6 Å². The maximum Gasteiger partial charge on any atom is 3.00 e. The van der Waals surface area contributed by atoms with E-state index in [2.05, 4.69) is 0 Å². The van der Waals surface area contributed by atoms with E-state index in [-0.39, 0.29) is 45.6 Å². The Kier molecular flexibility index (Phi) is 39.3. The third kappa shape index (κ3) is 187. The fourth-order valence-electron chi connectivity index (χ4n) is 0. The predicted octanol–water partition coefficient (Wildman–Crippen LogP) is -6.17. The van der Waals surface area contributed by atoms with Gasteiger partial charge in [-0.25, -0.2) is 0 Å². The number of hydrogen-bond acceptors (Lipinski definition) is 6. The molecule has 0 saturated carbocycles.